The van der Waals surface area contributed by atoms with E-state index in [1.165, 1.54) is 11.1 Å². The van der Waals surface area contributed by atoms with Crippen LogP contribution in [0.2, 0.25) is 0 Å². The third-order valence-corrected chi connectivity index (χ3v) is 5.17. The summed E-state index contributed by atoms with van der Waals surface area (Å²) in [5.74, 6) is 0.0631. The zero-order valence-electron chi connectivity index (χ0n) is 18.1. The molecule has 160 valence electrons. The van der Waals surface area contributed by atoms with Gasteiger partial charge in [0.15, 0.2) is 6.61 Å². The number of ether oxygens (including phenoxy) is 1. The first-order chi connectivity index (χ1) is 14.9. The fraction of sp³-hybridized carbons (Fsp3) is 0.231. The number of carbonyl (C=O) groups is 2. The highest BCUT2D eigenvalue weighted by atomic mass is 16.5. The van der Waals surface area contributed by atoms with Crippen LogP contribution in [0.25, 0.3) is 0 Å². The highest BCUT2D eigenvalue weighted by Gasteiger charge is 2.12. The van der Waals surface area contributed by atoms with Crippen LogP contribution in [0.3, 0.4) is 0 Å². The number of nitrogens with one attached hydrogen (secondary N) is 2. The van der Waals surface area contributed by atoms with Crippen molar-refractivity contribution < 1.29 is 14.3 Å². The molecule has 0 aromatic heterocycles. The van der Waals surface area contributed by atoms with Crippen molar-refractivity contribution in [3.05, 3.63) is 101 Å². The predicted molar refractivity (Wildman–Crippen MR) is 122 cm³/mol. The Bertz CT molecular complexity index is 1050. The van der Waals surface area contributed by atoms with Crippen molar-refractivity contribution in [2.45, 2.75) is 33.4 Å². The molecule has 0 fully saturated rings. The Morgan fingerprint density at radius 2 is 1.68 bits per heavy atom. The van der Waals surface area contributed by atoms with Crippen molar-refractivity contribution in [1.82, 2.24) is 10.6 Å². The molecule has 0 saturated heterocycles. The molecule has 0 radical (unpaired) electrons. The largest absolute Gasteiger partial charge is 0.484 e. The number of aryl methyl sites for hydroxylation is 2. The Balaban J connectivity index is 1.51. The Labute approximate surface area is 183 Å². The summed E-state index contributed by atoms with van der Waals surface area (Å²) >= 11 is 0. The monoisotopic (exact) mass is 416 g/mol. The van der Waals surface area contributed by atoms with E-state index in [9.17, 15) is 9.59 Å². The van der Waals surface area contributed by atoms with Gasteiger partial charge in [0.05, 0.1) is 6.04 Å². The molecule has 0 heterocycles. The molecule has 31 heavy (non-hydrogen) atoms. The summed E-state index contributed by atoms with van der Waals surface area (Å²) in [6.45, 7) is 6.39. The molecule has 0 saturated carbocycles. The third-order valence-electron chi connectivity index (χ3n) is 5.17. The minimum Gasteiger partial charge on any atom is -0.484 e. The average molecular weight is 417 g/mol. The summed E-state index contributed by atoms with van der Waals surface area (Å²) in [5.41, 5.74) is 4.97. The van der Waals surface area contributed by atoms with Crippen molar-refractivity contribution in [3.8, 4) is 5.75 Å². The van der Waals surface area contributed by atoms with Gasteiger partial charge in [-0.25, -0.2) is 0 Å². The molecule has 3 rings (SSSR count). The van der Waals surface area contributed by atoms with Crippen molar-refractivity contribution >= 4 is 11.8 Å². The van der Waals surface area contributed by atoms with Crippen LogP contribution in [0, 0.1) is 13.8 Å². The van der Waals surface area contributed by atoms with E-state index in [0.29, 0.717) is 17.9 Å². The van der Waals surface area contributed by atoms with Gasteiger partial charge in [-0.15, -0.1) is 0 Å². The fourth-order valence-electron chi connectivity index (χ4n) is 3.16. The number of amides is 2. The van der Waals surface area contributed by atoms with Gasteiger partial charge in [-0.2, -0.15) is 0 Å². The molecule has 5 nitrogen and oxygen atoms in total. The molecule has 0 aliphatic carbocycles. The summed E-state index contributed by atoms with van der Waals surface area (Å²) in [5, 5.41) is 5.83. The van der Waals surface area contributed by atoms with E-state index in [0.717, 1.165) is 11.1 Å². The van der Waals surface area contributed by atoms with Crippen LogP contribution in [-0.2, 0) is 11.3 Å². The van der Waals surface area contributed by atoms with E-state index in [-0.39, 0.29) is 24.5 Å². The van der Waals surface area contributed by atoms with Crippen molar-refractivity contribution in [1.29, 1.82) is 0 Å². The van der Waals surface area contributed by atoms with E-state index in [2.05, 4.69) is 36.6 Å². The predicted octanol–water partition coefficient (Wildman–Crippen LogP) is 4.49. The average Bonchev–Trinajstić information content (AvgIpc) is 2.78. The molecule has 3 aromatic carbocycles. The van der Waals surface area contributed by atoms with Gasteiger partial charge in [-0.3, -0.25) is 9.59 Å². The van der Waals surface area contributed by atoms with Gasteiger partial charge in [0.2, 0.25) is 0 Å². The maximum atomic E-state index is 12.4. The van der Waals surface area contributed by atoms with Gasteiger partial charge in [-0.1, -0.05) is 54.6 Å². The van der Waals surface area contributed by atoms with Crippen LogP contribution in [0.5, 0.6) is 5.75 Å². The molecule has 1 unspecified atom stereocenters. The summed E-state index contributed by atoms with van der Waals surface area (Å²) in [4.78, 5) is 24.7. The van der Waals surface area contributed by atoms with Gasteiger partial charge in [0.25, 0.3) is 11.8 Å². The maximum absolute atomic E-state index is 12.4. The van der Waals surface area contributed by atoms with Gasteiger partial charge in [0.1, 0.15) is 5.75 Å². The van der Waals surface area contributed by atoms with E-state index >= 15 is 0 Å². The standard InChI is InChI=1S/C26H28N2O3/c1-18-12-13-22(14-19(18)2)20(3)28-25(29)17-31-24-11-7-10-23(15-24)26(30)27-16-21-8-5-4-6-9-21/h4-15,20H,16-17H2,1-3H3,(H,27,30)(H,28,29). The lowest BCUT2D eigenvalue weighted by molar-refractivity contribution is -0.123. The van der Waals surface area contributed by atoms with Crippen molar-refractivity contribution in [2.75, 3.05) is 6.61 Å². The molecular formula is C26H28N2O3. The van der Waals surface area contributed by atoms with Gasteiger partial charge >= 0.3 is 0 Å². The lowest BCUT2D eigenvalue weighted by Gasteiger charge is -2.16. The Kier molecular flexibility index (Phi) is 7.44. The smallest absolute Gasteiger partial charge is 0.258 e. The zero-order valence-corrected chi connectivity index (χ0v) is 18.1. The van der Waals surface area contributed by atoms with E-state index in [1.807, 2.05) is 43.3 Å². The minimum absolute atomic E-state index is 0.120. The van der Waals surface area contributed by atoms with Crippen LogP contribution in [0.15, 0.2) is 72.8 Å². The SMILES string of the molecule is Cc1ccc(C(C)NC(=O)COc2cccc(C(=O)NCc3ccccc3)c2)cc1C. The van der Waals surface area contributed by atoms with Crippen molar-refractivity contribution in [2.24, 2.45) is 0 Å². The van der Waals surface area contributed by atoms with Crippen LogP contribution < -0.4 is 15.4 Å². The van der Waals surface area contributed by atoms with Crippen molar-refractivity contribution in [3.63, 3.8) is 0 Å². The maximum Gasteiger partial charge on any atom is 0.258 e. The first-order valence-electron chi connectivity index (χ1n) is 10.3. The summed E-state index contributed by atoms with van der Waals surface area (Å²) in [6, 6.07) is 22.6. The molecule has 2 amide bonds. The molecule has 0 aliphatic rings. The highest BCUT2D eigenvalue weighted by molar-refractivity contribution is 5.94. The Hall–Kier alpha value is -3.60. The fourth-order valence-corrected chi connectivity index (χ4v) is 3.16. The first kappa shape index (κ1) is 22.1. The first-order valence-corrected chi connectivity index (χ1v) is 10.3. The summed E-state index contributed by atoms with van der Waals surface area (Å²) in [6.07, 6.45) is 0. The van der Waals surface area contributed by atoms with Gasteiger partial charge < -0.3 is 15.4 Å². The number of benzene rings is 3. The second-order valence-corrected chi connectivity index (χ2v) is 7.62. The minimum atomic E-state index is -0.218. The second-order valence-electron chi connectivity index (χ2n) is 7.62. The van der Waals surface area contributed by atoms with Crippen LogP contribution in [-0.4, -0.2) is 18.4 Å². The quantitative estimate of drug-likeness (QED) is 0.569. The molecule has 3 aromatic rings. The normalized spacial score (nSPS) is 11.5. The number of carbonyl (C=O) groups excluding carboxylic acids is 2. The lowest BCUT2D eigenvalue weighted by atomic mass is 10.0. The number of rotatable bonds is 8. The van der Waals surface area contributed by atoms with Crippen LogP contribution >= 0.6 is 0 Å². The highest BCUT2D eigenvalue weighted by Crippen LogP contribution is 2.17. The molecule has 0 spiro atoms. The molecule has 2 N–H and O–H groups in total. The zero-order chi connectivity index (χ0) is 22.2. The second kappa shape index (κ2) is 10.4. The van der Waals surface area contributed by atoms with E-state index in [4.69, 9.17) is 4.74 Å². The van der Waals surface area contributed by atoms with Gasteiger partial charge in [-0.05, 0) is 61.2 Å². The molecule has 0 bridgehead atoms. The number of hydrogen-bond acceptors (Lipinski definition) is 3. The summed E-state index contributed by atoms with van der Waals surface area (Å²) < 4.78 is 5.61. The summed E-state index contributed by atoms with van der Waals surface area (Å²) in [7, 11) is 0. The Morgan fingerprint density at radius 1 is 0.903 bits per heavy atom. The van der Waals surface area contributed by atoms with Gasteiger partial charge in [0, 0.05) is 12.1 Å². The van der Waals surface area contributed by atoms with E-state index < -0.39 is 0 Å². The number of hydrogen-bond donors (Lipinski definition) is 2. The molecule has 1 atom stereocenters. The Morgan fingerprint density at radius 3 is 2.42 bits per heavy atom. The molecule has 5 heteroatoms. The lowest BCUT2D eigenvalue weighted by Crippen LogP contribution is -2.31. The topological polar surface area (TPSA) is 67.4 Å². The van der Waals surface area contributed by atoms with Crippen LogP contribution in [0.1, 0.15) is 45.6 Å². The molecular weight excluding hydrogens is 388 g/mol. The third kappa shape index (κ3) is 6.44. The van der Waals surface area contributed by atoms with E-state index in [1.54, 1.807) is 24.3 Å². The molecule has 0 aliphatic heterocycles. The van der Waals surface area contributed by atoms with Crippen LogP contribution in [0.4, 0.5) is 0 Å².